The topological polar surface area (TPSA) is 22.1 Å². The average Bonchev–Trinajstić information content (AvgIpc) is 2.51. The first-order chi connectivity index (χ1) is 10.2. The Morgan fingerprint density at radius 2 is 1.86 bits per heavy atom. The summed E-state index contributed by atoms with van der Waals surface area (Å²) in [5.41, 5.74) is 3.14. The maximum Gasteiger partial charge on any atom is 0.227 e. The fraction of sp³-hybridized carbons (Fsp3) is 0.167. The molecule has 0 amide bonds. The highest BCUT2D eigenvalue weighted by molar-refractivity contribution is 6.17. The van der Waals surface area contributed by atoms with Crippen molar-refractivity contribution in [2.45, 2.75) is 19.7 Å². The molecular formula is C18H16ClNO. The third-order valence-electron chi connectivity index (χ3n) is 3.66. The van der Waals surface area contributed by atoms with Gasteiger partial charge in [0.15, 0.2) is 0 Å². The zero-order valence-electron chi connectivity index (χ0n) is 12.1. The first-order valence-corrected chi connectivity index (χ1v) is 7.41. The Morgan fingerprint density at radius 1 is 1.05 bits per heavy atom. The van der Waals surface area contributed by atoms with Crippen molar-refractivity contribution in [1.29, 1.82) is 0 Å². The molecule has 0 bridgehead atoms. The van der Waals surface area contributed by atoms with Gasteiger partial charge in [-0.2, -0.15) is 0 Å². The molecule has 0 N–H and O–H groups in total. The maximum atomic E-state index is 6.08. The first kappa shape index (κ1) is 13.9. The van der Waals surface area contributed by atoms with Crippen molar-refractivity contribution in [2.24, 2.45) is 0 Å². The van der Waals surface area contributed by atoms with E-state index in [0.717, 1.165) is 27.8 Å². The summed E-state index contributed by atoms with van der Waals surface area (Å²) in [7, 11) is 0. The van der Waals surface area contributed by atoms with Crippen LogP contribution in [0.15, 0.2) is 48.5 Å². The van der Waals surface area contributed by atoms with Crippen molar-refractivity contribution in [3.05, 3.63) is 65.4 Å². The highest BCUT2D eigenvalue weighted by atomic mass is 35.5. The van der Waals surface area contributed by atoms with E-state index in [0.29, 0.717) is 11.8 Å². The second-order valence-corrected chi connectivity index (χ2v) is 5.34. The molecule has 0 saturated carbocycles. The van der Waals surface area contributed by atoms with Crippen LogP contribution in [0.25, 0.3) is 10.8 Å². The number of hydrogen-bond donors (Lipinski definition) is 0. The van der Waals surface area contributed by atoms with Gasteiger partial charge in [0.1, 0.15) is 5.75 Å². The van der Waals surface area contributed by atoms with Gasteiger partial charge in [-0.3, -0.25) is 0 Å². The Hall–Kier alpha value is -2.06. The molecule has 0 unspecified atom stereocenters. The number of halogens is 1. The fourth-order valence-corrected chi connectivity index (χ4v) is 2.44. The first-order valence-electron chi connectivity index (χ1n) is 6.87. The normalized spacial score (nSPS) is 10.8. The van der Waals surface area contributed by atoms with Crippen molar-refractivity contribution in [2.75, 3.05) is 0 Å². The summed E-state index contributed by atoms with van der Waals surface area (Å²) >= 11 is 5.94. The minimum atomic E-state index is 0.369. The van der Waals surface area contributed by atoms with E-state index in [1.807, 2.05) is 42.5 Å². The van der Waals surface area contributed by atoms with E-state index in [2.05, 4.69) is 24.9 Å². The quantitative estimate of drug-likeness (QED) is 0.605. The highest BCUT2D eigenvalue weighted by Crippen LogP contribution is 2.31. The van der Waals surface area contributed by atoms with Gasteiger partial charge in [0.2, 0.25) is 5.88 Å². The number of aromatic nitrogens is 1. The van der Waals surface area contributed by atoms with Crippen LogP contribution in [0.4, 0.5) is 0 Å². The van der Waals surface area contributed by atoms with Crippen molar-refractivity contribution in [1.82, 2.24) is 4.98 Å². The molecule has 3 aromatic rings. The number of hydrogen-bond acceptors (Lipinski definition) is 2. The van der Waals surface area contributed by atoms with Crippen LogP contribution < -0.4 is 4.74 Å². The molecular weight excluding hydrogens is 282 g/mol. The van der Waals surface area contributed by atoms with Crippen LogP contribution in [0.3, 0.4) is 0 Å². The molecule has 2 aromatic carbocycles. The number of ether oxygens (including phenoxy) is 1. The molecule has 3 heteroatoms. The van der Waals surface area contributed by atoms with Crippen molar-refractivity contribution < 1.29 is 4.74 Å². The predicted molar refractivity (Wildman–Crippen MR) is 87.3 cm³/mol. The van der Waals surface area contributed by atoms with Gasteiger partial charge in [0, 0.05) is 5.39 Å². The lowest BCUT2D eigenvalue weighted by atomic mass is 10.1. The number of aryl methyl sites for hydroxylation is 1. The van der Waals surface area contributed by atoms with Gasteiger partial charge in [0.05, 0.1) is 11.6 Å². The van der Waals surface area contributed by atoms with Crippen LogP contribution in [0.2, 0.25) is 0 Å². The zero-order chi connectivity index (χ0) is 14.8. The van der Waals surface area contributed by atoms with Gasteiger partial charge in [-0.1, -0.05) is 30.3 Å². The summed E-state index contributed by atoms with van der Waals surface area (Å²) in [5, 5.41) is 2.08. The number of benzene rings is 2. The van der Waals surface area contributed by atoms with Gasteiger partial charge >= 0.3 is 0 Å². The summed E-state index contributed by atoms with van der Waals surface area (Å²) in [4.78, 5) is 4.53. The van der Waals surface area contributed by atoms with Crippen LogP contribution in [0.1, 0.15) is 16.8 Å². The molecule has 0 aliphatic rings. The molecule has 0 atom stereocenters. The molecule has 0 aliphatic carbocycles. The van der Waals surface area contributed by atoms with Crippen LogP contribution in [0.5, 0.6) is 11.6 Å². The fourth-order valence-electron chi connectivity index (χ4n) is 2.31. The number of alkyl halides is 1. The smallest absolute Gasteiger partial charge is 0.227 e. The van der Waals surface area contributed by atoms with E-state index in [1.165, 1.54) is 5.56 Å². The second-order valence-electron chi connectivity index (χ2n) is 5.07. The van der Waals surface area contributed by atoms with Crippen molar-refractivity contribution in [3.8, 4) is 11.6 Å². The summed E-state index contributed by atoms with van der Waals surface area (Å²) in [6, 6.07) is 16.1. The van der Waals surface area contributed by atoms with E-state index in [1.54, 1.807) is 0 Å². The molecule has 0 saturated heterocycles. The Morgan fingerprint density at radius 3 is 2.67 bits per heavy atom. The Balaban J connectivity index is 2.13. The average molecular weight is 298 g/mol. The molecule has 3 rings (SSSR count). The standard InChI is InChI=1S/C18H16ClNO/c1-12-6-5-9-17(13(12)2)21-18-16-8-4-3-7-14(16)10-15(11-19)20-18/h3-10H,11H2,1-2H3. The minimum Gasteiger partial charge on any atom is -0.438 e. The number of nitrogens with zero attached hydrogens (tertiary/aromatic N) is 1. The van der Waals surface area contributed by atoms with Crippen molar-refractivity contribution in [3.63, 3.8) is 0 Å². The summed E-state index contributed by atoms with van der Waals surface area (Å²) in [5.74, 6) is 1.81. The van der Waals surface area contributed by atoms with Gasteiger partial charge in [-0.25, -0.2) is 4.98 Å². The van der Waals surface area contributed by atoms with Gasteiger partial charge < -0.3 is 4.74 Å². The van der Waals surface area contributed by atoms with E-state index >= 15 is 0 Å². The minimum absolute atomic E-state index is 0.369. The van der Waals surface area contributed by atoms with Crippen LogP contribution in [0, 0.1) is 13.8 Å². The Labute approximate surface area is 129 Å². The molecule has 0 aliphatic heterocycles. The van der Waals surface area contributed by atoms with Crippen molar-refractivity contribution >= 4 is 22.4 Å². The Bertz CT molecular complexity index is 798. The molecule has 0 spiro atoms. The lowest BCUT2D eigenvalue weighted by molar-refractivity contribution is 0.464. The number of pyridine rings is 1. The number of fused-ring (bicyclic) bond motifs is 1. The van der Waals surface area contributed by atoms with Crippen LogP contribution >= 0.6 is 11.6 Å². The van der Waals surface area contributed by atoms with Gasteiger partial charge in [-0.05, 0) is 48.6 Å². The summed E-state index contributed by atoms with van der Waals surface area (Å²) in [6.45, 7) is 4.13. The van der Waals surface area contributed by atoms with E-state index in [9.17, 15) is 0 Å². The third-order valence-corrected chi connectivity index (χ3v) is 3.93. The largest absolute Gasteiger partial charge is 0.438 e. The molecule has 1 heterocycles. The number of rotatable bonds is 3. The lowest BCUT2D eigenvalue weighted by Crippen LogP contribution is -1.96. The maximum absolute atomic E-state index is 6.08. The van der Waals surface area contributed by atoms with Gasteiger partial charge in [-0.15, -0.1) is 11.6 Å². The van der Waals surface area contributed by atoms with E-state index < -0.39 is 0 Å². The molecule has 2 nitrogen and oxygen atoms in total. The summed E-state index contributed by atoms with van der Waals surface area (Å²) < 4.78 is 6.08. The molecule has 21 heavy (non-hydrogen) atoms. The monoisotopic (exact) mass is 297 g/mol. The third kappa shape index (κ3) is 2.72. The SMILES string of the molecule is Cc1cccc(Oc2nc(CCl)cc3ccccc23)c1C. The predicted octanol–water partition coefficient (Wildman–Crippen LogP) is 5.38. The molecule has 1 aromatic heterocycles. The Kier molecular flexibility index (Phi) is 3.80. The van der Waals surface area contributed by atoms with E-state index in [4.69, 9.17) is 16.3 Å². The van der Waals surface area contributed by atoms with E-state index in [-0.39, 0.29) is 0 Å². The second kappa shape index (κ2) is 5.74. The van der Waals surface area contributed by atoms with Crippen LogP contribution in [-0.2, 0) is 5.88 Å². The lowest BCUT2D eigenvalue weighted by Gasteiger charge is -2.12. The zero-order valence-corrected chi connectivity index (χ0v) is 12.8. The van der Waals surface area contributed by atoms with Gasteiger partial charge in [0.25, 0.3) is 0 Å². The summed E-state index contributed by atoms with van der Waals surface area (Å²) in [6.07, 6.45) is 0. The molecule has 106 valence electrons. The highest BCUT2D eigenvalue weighted by Gasteiger charge is 2.10. The molecule has 0 fully saturated rings. The van der Waals surface area contributed by atoms with Crippen LogP contribution in [-0.4, -0.2) is 4.98 Å². The molecule has 0 radical (unpaired) electrons.